The first-order chi connectivity index (χ1) is 16.9. The summed E-state index contributed by atoms with van der Waals surface area (Å²) in [7, 11) is -3.60. The minimum Gasteiger partial charge on any atom is -0.459 e. The summed E-state index contributed by atoms with van der Waals surface area (Å²) < 4.78 is 33.0. The monoisotopic (exact) mass is 493 g/mol. The van der Waals surface area contributed by atoms with Gasteiger partial charge in [-0.25, -0.2) is 8.42 Å². The number of piperazine rings is 1. The maximum atomic E-state index is 13.2. The molecule has 2 heterocycles. The predicted molar refractivity (Wildman–Crippen MR) is 131 cm³/mol. The highest BCUT2D eigenvalue weighted by atomic mass is 32.2. The van der Waals surface area contributed by atoms with Gasteiger partial charge in [0.15, 0.2) is 5.76 Å². The highest BCUT2D eigenvalue weighted by Gasteiger charge is 2.31. The summed E-state index contributed by atoms with van der Waals surface area (Å²) in [5, 5.41) is 2.72. The van der Waals surface area contributed by atoms with E-state index >= 15 is 0 Å². The van der Waals surface area contributed by atoms with E-state index in [0.717, 1.165) is 31.2 Å². The van der Waals surface area contributed by atoms with Gasteiger partial charge in [0.2, 0.25) is 10.0 Å². The molecule has 35 heavy (non-hydrogen) atoms. The molecular formula is C26H27N3O5S. The van der Waals surface area contributed by atoms with Gasteiger partial charge in [-0.15, -0.1) is 0 Å². The van der Waals surface area contributed by atoms with E-state index in [1.165, 1.54) is 16.1 Å². The number of carbonyl (C=O) groups excluding carboxylic acids is 2. The number of fused-ring (bicyclic) bond motifs is 1. The molecule has 8 nitrogen and oxygen atoms in total. The molecule has 1 N–H and O–H groups in total. The Morgan fingerprint density at radius 2 is 1.57 bits per heavy atom. The summed E-state index contributed by atoms with van der Waals surface area (Å²) in [4.78, 5) is 27.1. The van der Waals surface area contributed by atoms with Crippen LogP contribution in [0.2, 0.25) is 0 Å². The van der Waals surface area contributed by atoms with E-state index in [9.17, 15) is 18.0 Å². The second-order valence-electron chi connectivity index (χ2n) is 8.84. The summed E-state index contributed by atoms with van der Waals surface area (Å²) in [5.41, 5.74) is 3.41. The van der Waals surface area contributed by atoms with Crippen LogP contribution in [-0.2, 0) is 22.9 Å². The number of amides is 2. The Bertz CT molecular complexity index is 1330. The van der Waals surface area contributed by atoms with Crippen molar-refractivity contribution in [2.75, 3.05) is 31.5 Å². The zero-order chi connectivity index (χ0) is 24.4. The molecule has 2 amide bonds. The Balaban J connectivity index is 1.20. The van der Waals surface area contributed by atoms with Crippen molar-refractivity contribution in [1.29, 1.82) is 0 Å². The Labute approximate surface area is 204 Å². The lowest BCUT2D eigenvalue weighted by Gasteiger charge is -2.34. The van der Waals surface area contributed by atoms with Gasteiger partial charge >= 0.3 is 0 Å². The average molecular weight is 494 g/mol. The highest BCUT2D eigenvalue weighted by molar-refractivity contribution is 7.89. The SMILES string of the molecule is O=C(Nc1ccc(C(=O)N2CCN(S(=O)(=O)c3ccc4c(c3)CCCC4)CC2)cc1)c1ccco1. The third-order valence-electron chi connectivity index (χ3n) is 6.62. The van der Waals surface area contributed by atoms with Crippen LogP contribution in [0.4, 0.5) is 5.69 Å². The molecule has 2 aliphatic rings. The number of furan rings is 1. The number of anilines is 1. The van der Waals surface area contributed by atoms with E-state index < -0.39 is 10.0 Å². The van der Waals surface area contributed by atoms with Crippen molar-refractivity contribution in [3.05, 3.63) is 83.3 Å². The third kappa shape index (κ3) is 4.87. The molecule has 2 aromatic carbocycles. The Morgan fingerprint density at radius 3 is 2.26 bits per heavy atom. The molecule has 1 aliphatic carbocycles. The average Bonchev–Trinajstić information content (AvgIpc) is 3.44. The lowest BCUT2D eigenvalue weighted by atomic mass is 9.92. The van der Waals surface area contributed by atoms with Crippen LogP contribution >= 0.6 is 0 Å². The normalized spacial score (nSPS) is 16.5. The van der Waals surface area contributed by atoms with Gasteiger partial charge in [-0.05, 0) is 85.3 Å². The number of hydrogen-bond acceptors (Lipinski definition) is 5. The van der Waals surface area contributed by atoms with Crippen LogP contribution in [0.1, 0.15) is 44.9 Å². The van der Waals surface area contributed by atoms with Crippen LogP contribution in [-0.4, -0.2) is 55.6 Å². The maximum absolute atomic E-state index is 13.2. The molecular weight excluding hydrogens is 466 g/mol. The van der Waals surface area contributed by atoms with Crippen molar-refractivity contribution < 1.29 is 22.4 Å². The Hall–Kier alpha value is -3.43. The van der Waals surface area contributed by atoms with Crippen LogP contribution in [0.15, 0.2) is 70.2 Å². The first kappa shape index (κ1) is 23.3. The van der Waals surface area contributed by atoms with Gasteiger partial charge < -0.3 is 14.6 Å². The van der Waals surface area contributed by atoms with Gasteiger partial charge in [0.1, 0.15) is 0 Å². The maximum Gasteiger partial charge on any atom is 0.291 e. The Kier molecular flexibility index (Phi) is 6.44. The largest absolute Gasteiger partial charge is 0.459 e. The molecule has 1 saturated heterocycles. The summed E-state index contributed by atoms with van der Waals surface area (Å²) in [6, 6.07) is 15.3. The summed E-state index contributed by atoms with van der Waals surface area (Å²) in [6.07, 6.45) is 5.60. The summed E-state index contributed by atoms with van der Waals surface area (Å²) >= 11 is 0. The predicted octanol–water partition coefficient (Wildman–Crippen LogP) is 3.56. The topological polar surface area (TPSA) is 99.9 Å². The van der Waals surface area contributed by atoms with Crippen molar-refractivity contribution >= 4 is 27.5 Å². The number of nitrogens with zero attached hydrogens (tertiary/aromatic N) is 2. The molecule has 0 radical (unpaired) electrons. The van der Waals surface area contributed by atoms with E-state index in [-0.39, 0.29) is 30.7 Å². The van der Waals surface area contributed by atoms with Gasteiger partial charge in [0.25, 0.3) is 11.8 Å². The van der Waals surface area contributed by atoms with E-state index in [1.54, 1.807) is 47.4 Å². The van der Waals surface area contributed by atoms with Gasteiger partial charge in [-0.2, -0.15) is 4.31 Å². The smallest absolute Gasteiger partial charge is 0.291 e. The third-order valence-corrected chi connectivity index (χ3v) is 8.51. The number of sulfonamides is 1. The fourth-order valence-corrected chi connectivity index (χ4v) is 6.10. The highest BCUT2D eigenvalue weighted by Crippen LogP contribution is 2.26. The Morgan fingerprint density at radius 1 is 0.857 bits per heavy atom. The minimum atomic E-state index is -3.60. The van der Waals surface area contributed by atoms with E-state index in [2.05, 4.69) is 5.32 Å². The number of hydrogen-bond donors (Lipinski definition) is 1. The molecule has 0 bridgehead atoms. The van der Waals surface area contributed by atoms with Crippen molar-refractivity contribution in [3.8, 4) is 0 Å². The first-order valence-electron chi connectivity index (χ1n) is 11.8. The number of carbonyl (C=O) groups is 2. The minimum absolute atomic E-state index is 0.167. The number of aryl methyl sites for hydroxylation is 2. The molecule has 1 aliphatic heterocycles. The lowest BCUT2D eigenvalue weighted by Crippen LogP contribution is -2.50. The molecule has 9 heteroatoms. The second-order valence-corrected chi connectivity index (χ2v) is 10.8. The fraction of sp³-hybridized carbons (Fsp3) is 0.308. The zero-order valence-electron chi connectivity index (χ0n) is 19.3. The second kappa shape index (κ2) is 9.67. The van der Waals surface area contributed by atoms with Gasteiger partial charge in [0.05, 0.1) is 11.2 Å². The van der Waals surface area contributed by atoms with Gasteiger partial charge in [-0.3, -0.25) is 9.59 Å². The van der Waals surface area contributed by atoms with Crippen LogP contribution < -0.4 is 5.32 Å². The molecule has 0 atom stereocenters. The number of nitrogens with one attached hydrogen (secondary N) is 1. The van der Waals surface area contributed by atoms with Gasteiger partial charge in [0, 0.05) is 37.4 Å². The molecule has 182 valence electrons. The van der Waals surface area contributed by atoms with Crippen LogP contribution in [0.5, 0.6) is 0 Å². The van der Waals surface area contributed by atoms with E-state index in [4.69, 9.17) is 4.42 Å². The quantitative estimate of drug-likeness (QED) is 0.586. The van der Waals surface area contributed by atoms with Crippen molar-refractivity contribution in [1.82, 2.24) is 9.21 Å². The molecule has 1 aromatic heterocycles. The van der Waals surface area contributed by atoms with Crippen molar-refractivity contribution in [3.63, 3.8) is 0 Å². The fourth-order valence-electron chi connectivity index (χ4n) is 4.63. The zero-order valence-corrected chi connectivity index (χ0v) is 20.1. The van der Waals surface area contributed by atoms with Crippen LogP contribution in [0, 0.1) is 0 Å². The van der Waals surface area contributed by atoms with E-state index in [1.807, 2.05) is 12.1 Å². The standard InChI is InChI=1S/C26H27N3O5S/c30-25(24-6-3-17-34-24)27-22-10-7-20(8-11-22)26(31)28-13-15-29(16-14-28)35(32,33)23-12-9-19-4-1-2-5-21(19)18-23/h3,6-12,17-18H,1-2,4-5,13-16H2,(H,27,30). The van der Waals surface area contributed by atoms with Crippen molar-refractivity contribution in [2.45, 2.75) is 30.6 Å². The molecule has 0 spiro atoms. The van der Waals surface area contributed by atoms with Crippen LogP contribution in [0.25, 0.3) is 0 Å². The first-order valence-corrected chi connectivity index (χ1v) is 13.2. The molecule has 0 unspecified atom stereocenters. The van der Waals surface area contributed by atoms with E-state index in [0.29, 0.717) is 29.2 Å². The summed E-state index contributed by atoms with van der Waals surface area (Å²) in [6.45, 7) is 1.14. The number of rotatable bonds is 5. The molecule has 5 rings (SSSR count). The number of benzene rings is 2. The van der Waals surface area contributed by atoms with Gasteiger partial charge in [-0.1, -0.05) is 6.07 Å². The van der Waals surface area contributed by atoms with Crippen LogP contribution in [0.3, 0.4) is 0 Å². The summed E-state index contributed by atoms with van der Waals surface area (Å²) in [5.74, 6) is -0.335. The molecule has 1 fully saturated rings. The molecule has 0 saturated carbocycles. The van der Waals surface area contributed by atoms with Crippen molar-refractivity contribution in [2.24, 2.45) is 0 Å². The lowest BCUT2D eigenvalue weighted by molar-refractivity contribution is 0.0698. The molecule has 3 aromatic rings.